The van der Waals surface area contributed by atoms with Crippen molar-refractivity contribution in [3.8, 4) is 0 Å². The molecule has 0 bridgehead atoms. The van der Waals surface area contributed by atoms with Gasteiger partial charge in [-0.05, 0) is 12.2 Å². The zero-order valence-electron chi connectivity index (χ0n) is 7.71. The molecule has 0 heterocycles. The number of oxime groups is 1. The molecule has 0 saturated heterocycles. The molecular weight excluding hydrogens is 217 g/mol. The van der Waals surface area contributed by atoms with Crippen LogP contribution >= 0.6 is 11.8 Å². The predicted molar refractivity (Wildman–Crippen MR) is 50.6 cm³/mol. The van der Waals surface area contributed by atoms with Gasteiger partial charge >= 0.3 is 6.18 Å². The maximum Gasteiger partial charge on any atom is 0.399 e. The average molecular weight is 230 g/mol. The molecule has 0 aliphatic heterocycles. The lowest BCUT2D eigenvalue weighted by Gasteiger charge is -2.18. The SMILES string of the molecule is CCCSCC(C(N)=NO)C(F)(F)F. The molecule has 7 heteroatoms. The van der Waals surface area contributed by atoms with Crippen LogP contribution in [-0.4, -0.2) is 28.7 Å². The van der Waals surface area contributed by atoms with E-state index in [1.54, 1.807) is 0 Å². The minimum atomic E-state index is -4.45. The minimum Gasteiger partial charge on any atom is -0.409 e. The number of nitrogens with two attached hydrogens (primary N) is 1. The Kier molecular flexibility index (Phi) is 5.75. The molecule has 0 aromatic rings. The van der Waals surface area contributed by atoms with Crippen molar-refractivity contribution >= 4 is 17.6 Å². The van der Waals surface area contributed by atoms with Crippen molar-refractivity contribution in [1.29, 1.82) is 0 Å². The summed E-state index contributed by atoms with van der Waals surface area (Å²) in [5.41, 5.74) is 4.95. The van der Waals surface area contributed by atoms with Gasteiger partial charge in [0.2, 0.25) is 0 Å². The number of hydrogen-bond acceptors (Lipinski definition) is 3. The predicted octanol–water partition coefficient (Wildman–Crippen LogP) is 2.05. The van der Waals surface area contributed by atoms with Crippen LogP contribution in [0.4, 0.5) is 13.2 Å². The quantitative estimate of drug-likeness (QED) is 0.250. The highest BCUT2D eigenvalue weighted by Crippen LogP contribution is 2.29. The summed E-state index contributed by atoms with van der Waals surface area (Å²) in [6, 6.07) is 0. The second kappa shape index (κ2) is 6.00. The van der Waals surface area contributed by atoms with E-state index in [9.17, 15) is 13.2 Å². The van der Waals surface area contributed by atoms with E-state index in [0.717, 1.165) is 18.2 Å². The maximum atomic E-state index is 12.3. The van der Waals surface area contributed by atoms with Gasteiger partial charge in [-0.2, -0.15) is 24.9 Å². The molecule has 3 nitrogen and oxygen atoms in total. The van der Waals surface area contributed by atoms with Gasteiger partial charge in [0.05, 0.1) is 0 Å². The maximum absolute atomic E-state index is 12.3. The number of rotatable bonds is 5. The fourth-order valence-corrected chi connectivity index (χ4v) is 1.81. The van der Waals surface area contributed by atoms with Gasteiger partial charge in [0.25, 0.3) is 0 Å². The van der Waals surface area contributed by atoms with Crippen molar-refractivity contribution in [2.45, 2.75) is 19.5 Å². The molecule has 0 aromatic carbocycles. The van der Waals surface area contributed by atoms with Crippen molar-refractivity contribution in [2.24, 2.45) is 16.8 Å². The summed E-state index contributed by atoms with van der Waals surface area (Å²) in [5, 5.41) is 10.6. The Labute approximate surface area is 84.5 Å². The number of alkyl halides is 3. The molecular formula is C7H13F3N2OS. The smallest absolute Gasteiger partial charge is 0.399 e. The summed E-state index contributed by atoms with van der Waals surface area (Å²) in [5.74, 6) is -2.21. The molecule has 0 rings (SSSR count). The monoisotopic (exact) mass is 230 g/mol. The lowest BCUT2D eigenvalue weighted by molar-refractivity contribution is -0.150. The summed E-state index contributed by atoms with van der Waals surface area (Å²) in [6.45, 7) is 1.87. The third-order valence-electron chi connectivity index (χ3n) is 1.50. The first kappa shape index (κ1) is 13.4. The molecule has 0 fully saturated rings. The first-order chi connectivity index (χ1) is 6.43. The van der Waals surface area contributed by atoms with Crippen LogP contribution < -0.4 is 5.73 Å². The van der Waals surface area contributed by atoms with Crippen LogP contribution in [0.5, 0.6) is 0 Å². The third-order valence-corrected chi connectivity index (χ3v) is 2.77. The number of halogens is 3. The van der Waals surface area contributed by atoms with Crippen molar-refractivity contribution < 1.29 is 18.4 Å². The summed E-state index contributed by atoms with van der Waals surface area (Å²) in [7, 11) is 0. The summed E-state index contributed by atoms with van der Waals surface area (Å²) >= 11 is 1.14. The highest BCUT2D eigenvalue weighted by Gasteiger charge is 2.42. The lowest BCUT2D eigenvalue weighted by atomic mass is 10.1. The van der Waals surface area contributed by atoms with Gasteiger partial charge < -0.3 is 10.9 Å². The van der Waals surface area contributed by atoms with E-state index in [0.29, 0.717) is 5.75 Å². The van der Waals surface area contributed by atoms with Crippen molar-refractivity contribution in [1.82, 2.24) is 0 Å². The fraction of sp³-hybridized carbons (Fsp3) is 0.857. The molecule has 0 aliphatic rings. The van der Waals surface area contributed by atoms with Gasteiger partial charge in [-0.3, -0.25) is 0 Å². The standard InChI is InChI=1S/C7H13F3N2OS/c1-2-3-14-4-5(6(11)12-13)7(8,9)10/h5,13H,2-4H2,1H3,(H2,11,12). The Morgan fingerprint density at radius 3 is 2.50 bits per heavy atom. The largest absolute Gasteiger partial charge is 0.409 e. The molecule has 14 heavy (non-hydrogen) atoms. The summed E-state index contributed by atoms with van der Waals surface area (Å²) < 4.78 is 36.9. The van der Waals surface area contributed by atoms with E-state index in [4.69, 9.17) is 10.9 Å². The van der Waals surface area contributed by atoms with Crippen molar-refractivity contribution in [2.75, 3.05) is 11.5 Å². The van der Waals surface area contributed by atoms with Crippen LogP contribution in [0.25, 0.3) is 0 Å². The van der Waals surface area contributed by atoms with Gasteiger partial charge in [0, 0.05) is 5.75 Å². The second-order valence-corrected chi connectivity index (χ2v) is 3.84. The number of nitrogens with zero attached hydrogens (tertiary/aromatic N) is 1. The molecule has 84 valence electrons. The number of hydrogen-bond donors (Lipinski definition) is 2. The first-order valence-electron chi connectivity index (χ1n) is 4.05. The minimum absolute atomic E-state index is 0.201. The second-order valence-electron chi connectivity index (χ2n) is 2.69. The molecule has 1 unspecified atom stereocenters. The molecule has 3 N–H and O–H groups in total. The summed E-state index contributed by atoms with van der Waals surface area (Å²) in [4.78, 5) is 0. The van der Waals surface area contributed by atoms with Crippen molar-refractivity contribution in [3.63, 3.8) is 0 Å². The fourth-order valence-electron chi connectivity index (χ4n) is 0.763. The highest BCUT2D eigenvalue weighted by molar-refractivity contribution is 7.99. The Balaban J connectivity index is 4.28. The van der Waals surface area contributed by atoms with Gasteiger partial charge in [0.15, 0.2) is 5.84 Å². The number of thioether (sulfide) groups is 1. The Morgan fingerprint density at radius 1 is 1.57 bits per heavy atom. The molecule has 0 spiro atoms. The van der Waals surface area contributed by atoms with Crippen LogP contribution in [-0.2, 0) is 0 Å². The topological polar surface area (TPSA) is 58.6 Å². The van der Waals surface area contributed by atoms with E-state index in [1.165, 1.54) is 0 Å². The van der Waals surface area contributed by atoms with E-state index in [2.05, 4.69) is 5.16 Å². The third kappa shape index (κ3) is 4.59. The molecule has 0 aromatic heterocycles. The Hall–Kier alpha value is -0.590. The zero-order valence-corrected chi connectivity index (χ0v) is 8.53. The first-order valence-corrected chi connectivity index (χ1v) is 5.20. The van der Waals surface area contributed by atoms with Gasteiger partial charge in [-0.25, -0.2) is 0 Å². The van der Waals surface area contributed by atoms with Crippen LogP contribution in [0, 0.1) is 5.92 Å². The van der Waals surface area contributed by atoms with Crippen LogP contribution in [0.3, 0.4) is 0 Å². The van der Waals surface area contributed by atoms with Crippen LogP contribution in [0.2, 0.25) is 0 Å². The van der Waals surface area contributed by atoms with Gasteiger partial charge in [-0.15, -0.1) is 0 Å². The lowest BCUT2D eigenvalue weighted by Crippen LogP contribution is -2.37. The van der Waals surface area contributed by atoms with E-state index in [1.807, 2.05) is 6.92 Å². The Bertz CT molecular complexity index is 196. The molecule has 0 amide bonds. The normalized spacial score (nSPS) is 15.6. The molecule has 0 radical (unpaired) electrons. The molecule has 0 saturated carbocycles. The average Bonchev–Trinajstić information content (AvgIpc) is 2.09. The van der Waals surface area contributed by atoms with Crippen LogP contribution in [0.1, 0.15) is 13.3 Å². The summed E-state index contributed by atoms with van der Waals surface area (Å²) in [6.07, 6.45) is -3.65. The highest BCUT2D eigenvalue weighted by atomic mass is 32.2. The van der Waals surface area contributed by atoms with Gasteiger partial charge in [-0.1, -0.05) is 12.1 Å². The van der Waals surface area contributed by atoms with E-state index >= 15 is 0 Å². The van der Waals surface area contributed by atoms with Gasteiger partial charge in [0.1, 0.15) is 5.92 Å². The van der Waals surface area contributed by atoms with Crippen LogP contribution in [0.15, 0.2) is 5.16 Å². The van der Waals surface area contributed by atoms with E-state index < -0.39 is 17.9 Å². The van der Waals surface area contributed by atoms with Crippen molar-refractivity contribution in [3.05, 3.63) is 0 Å². The Morgan fingerprint density at radius 2 is 2.14 bits per heavy atom. The van der Waals surface area contributed by atoms with E-state index in [-0.39, 0.29) is 5.75 Å². The zero-order chi connectivity index (χ0) is 11.2. The molecule has 0 aliphatic carbocycles. The number of amidine groups is 1. The molecule has 1 atom stereocenters.